The molecular weight excluding hydrogens is 314 g/mol. The summed E-state index contributed by atoms with van der Waals surface area (Å²) in [6, 6.07) is 9.06. The van der Waals surface area contributed by atoms with Crippen LogP contribution in [0.2, 0.25) is 5.15 Å². The van der Waals surface area contributed by atoms with Crippen LogP contribution in [-0.4, -0.2) is 20.5 Å². The highest BCUT2D eigenvalue weighted by Gasteiger charge is 2.19. The van der Waals surface area contributed by atoms with Crippen molar-refractivity contribution >= 4 is 27.3 Å². The molecule has 1 N–H and O–H groups in total. The number of methoxy groups -OCH3 is 1. The molecule has 2 aromatic rings. The number of ether oxygens (including phenoxy) is 1. The van der Waals surface area contributed by atoms with Crippen molar-refractivity contribution < 1.29 is 13.2 Å². The van der Waals surface area contributed by atoms with E-state index in [1.165, 1.54) is 31.5 Å². The van der Waals surface area contributed by atoms with E-state index in [1.807, 2.05) is 6.07 Å². The largest absolute Gasteiger partial charge is 0.495 e. The summed E-state index contributed by atoms with van der Waals surface area (Å²) < 4.78 is 32.1. The summed E-state index contributed by atoms with van der Waals surface area (Å²) in [6.45, 7) is 0. The van der Waals surface area contributed by atoms with Gasteiger partial charge in [-0.1, -0.05) is 17.7 Å². The van der Waals surface area contributed by atoms with Crippen LogP contribution >= 0.6 is 11.6 Å². The van der Waals surface area contributed by atoms with E-state index >= 15 is 0 Å². The number of anilines is 1. The number of rotatable bonds is 4. The number of hydrogen-bond acceptors (Lipinski definition) is 5. The van der Waals surface area contributed by atoms with Gasteiger partial charge >= 0.3 is 0 Å². The smallest absolute Gasteiger partial charge is 0.262 e. The molecule has 0 atom stereocenters. The number of benzene rings is 1. The maximum atomic E-state index is 12.3. The van der Waals surface area contributed by atoms with Gasteiger partial charge in [-0.05, 0) is 24.3 Å². The van der Waals surface area contributed by atoms with Gasteiger partial charge in [-0.3, -0.25) is 4.72 Å². The summed E-state index contributed by atoms with van der Waals surface area (Å²) in [7, 11) is -2.52. The summed E-state index contributed by atoms with van der Waals surface area (Å²) in [4.78, 5) is 3.67. The molecule has 0 aliphatic heterocycles. The molecule has 1 aromatic carbocycles. The van der Waals surface area contributed by atoms with Crippen molar-refractivity contribution in [3.8, 4) is 11.8 Å². The molecule has 6 nitrogen and oxygen atoms in total. The Labute approximate surface area is 127 Å². The molecule has 0 amide bonds. The number of para-hydroxylation sites is 1. The second-order valence-electron chi connectivity index (χ2n) is 3.91. The average Bonchev–Trinajstić information content (AvgIpc) is 2.47. The molecular formula is C13H10ClN3O3S. The lowest BCUT2D eigenvalue weighted by atomic mass is 10.2. The van der Waals surface area contributed by atoms with Crippen LogP contribution in [0.1, 0.15) is 5.56 Å². The third-order valence-corrected chi connectivity index (χ3v) is 4.17. The number of nitrogens with one attached hydrogen (secondary N) is 1. The fraction of sp³-hybridized carbons (Fsp3) is 0.0769. The first kappa shape index (κ1) is 15.1. The minimum absolute atomic E-state index is 0.0541. The lowest BCUT2D eigenvalue weighted by Crippen LogP contribution is -2.14. The van der Waals surface area contributed by atoms with E-state index in [4.69, 9.17) is 21.6 Å². The van der Waals surface area contributed by atoms with Crippen LogP contribution < -0.4 is 9.46 Å². The third kappa shape index (κ3) is 3.24. The highest BCUT2D eigenvalue weighted by Crippen LogP contribution is 2.30. The van der Waals surface area contributed by atoms with Gasteiger partial charge in [0.25, 0.3) is 10.0 Å². The average molecular weight is 324 g/mol. The normalized spacial score (nSPS) is 10.7. The Morgan fingerprint density at radius 1 is 1.38 bits per heavy atom. The van der Waals surface area contributed by atoms with E-state index < -0.39 is 10.0 Å². The van der Waals surface area contributed by atoms with E-state index in [-0.39, 0.29) is 27.0 Å². The predicted molar refractivity (Wildman–Crippen MR) is 77.8 cm³/mol. The second-order valence-corrected chi connectivity index (χ2v) is 5.98. The Kier molecular flexibility index (Phi) is 4.31. The maximum Gasteiger partial charge on any atom is 0.262 e. The molecule has 0 unspecified atom stereocenters. The van der Waals surface area contributed by atoms with Gasteiger partial charge < -0.3 is 4.74 Å². The summed E-state index contributed by atoms with van der Waals surface area (Å²) in [5.74, 6) is 0.248. The van der Waals surface area contributed by atoms with E-state index in [1.54, 1.807) is 12.1 Å². The van der Waals surface area contributed by atoms with Crippen LogP contribution in [0, 0.1) is 11.3 Å². The molecule has 0 spiro atoms. The molecule has 0 fully saturated rings. The Morgan fingerprint density at radius 2 is 2.14 bits per heavy atom. The van der Waals surface area contributed by atoms with Gasteiger partial charge in [0.1, 0.15) is 22.7 Å². The molecule has 1 aromatic heterocycles. The van der Waals surface area contributed by atoms with Gasteiger partial charge in [-0.2, -0.15) is 5.26 Å². The minimum atomic E-state index is -3.91. The molecule has 1 heterocycles. The van der Waals surface area contributed by atoms with Crippen molar-refractivity contribution in [3.05, 3.63) is 47.2 Å². The number of hydrogen-bond donors (Lipinski definition) is 1. The number of halogens is 1. The molecule has 0 aliphatic rings. The van der Waals surface area contributed by atoms with Crippen LogP contribution in [0.25, 0.3) is 0 Å². The van der Waals surface area contributed by atoms with Gasteiger partial charge in [-0.15, -0.1) is 0 Å². The first-order valence-corrected chi connectivity index (χ1v) is 7.55. The van der Waals surface area contributed by atoms with Crippen molar-refractivity contribution in [1.82, 2.24) is 4.98 Å². The number of pyridine rings is 1. The molecule has 0 saturated heterocycles. The standard InChI is InChI=1S/C13H10ClN3O3S/c1-20-11-4-2-3-9(8-15)13(11)17-21(18,19)10-5-6-16-12(14)7-10/h2-7,17H,1H3. The fourth-order valence-corrected chi connectivity index (χ4v) is 2.99. The van der Waals surface area contributed by atoms with Crippen molar-refractivity contribution in [2.75, 3.05) is 11.8 Å². The summed E-state index contributed by atoms with van der Waals surface area (Å²) in [5, 5.41) is 9.13. The first-order valence-electron chi connectivity index (χ1n) is 5.69. The van der Waals surface area contributed by atoms with E-state index in [2.05, 4.69) is 9.71 Å². The van der Waals surface area contributed by atoms with Crippen molar-refractivity contribution in [2.45, 2.75) is 4.90 Å². The van der Waals surface area contributed by atoms with Crippen molar-refractivity contribution in [3.63, 3.8) is 0 Å². The van der Waals surface area contributed by atoms with Crippen molar-refractivity contribution in [1.29, 1.82) is 5.26 Å². The number of sulfonamides is 1. The zero-order valence-electron chi connectivity index (χ0n) is 10.9. The molecule has 108 valence electrons. The molecule has 21 heavy (non-hydrogen) atoms. The van der Waals surface area contributed by atoms with Gasteiger partial charge in [0.2, 0.25) is 0 Å². The molecule has 2 rings (SSSR count). The zero-order chi connectivity index (χ0) is 15.5. The fourth-order valence-electron chi connectivity index (χ4n) is 1.64. The van der Waals surface area contributed by atoms with Crippen molar-refractivity contribution in [2.24, 2.45) is 0 Å². The van der Waals surface area contributed by atoms with Crippen LogP contribution in [0.4, 0.5) is 5.69 Å². The third-order valence-electron chi connectivity index (χ3n) is 2.61. The van der Waals surface area contributed by atoms with E-state index in [9.17, 15) is 8.42 Å². The molecule has 0 bridgehead atoms. The Balaban J connectivity index is 2.49. The minimum Gasteiger partial charge on any atom is -0.495 e. The maximum absolute atomic E-state index is 12.3. The molecule has 0 aliphatic carbocycles. The monoisotopic (exact) mass is 323 g/mol. The van der Waals surface area contributed by atoms with Crippen LogP contribution in [0.3, 0.4) is 0 Å². The van der Waals surface area contributed by atoms with Crippen LogP contribution in [0.15, 0.2) is 41.4 Å². The zero-order valence-corrected chi connectivity index (χ0v) is 12.4. The Bertz CT molecular complexity index is 816. The van der Waals surface area contributed by atoms with Gasteiger partial charge in [-0.25, -0.2) is 13.4 Å². The second kappa shape index (κ2) is 5.99. The predicted octanol–water partition coefficient (Wildman–Crippen LogP) is 2.42. The van der Waals surface area contributed by atoms with E-state index in [0.717, 1.165) is 0 Å². The van der Waals surface area contributed by atoms with Gasteiger partial charge in [0.05, 0.1) is 17.6 Å². The lowest BCUT2D eigenvalue weighted by molar-refractivity contribution is 0.417. The Morgan fingerprint density at radius 3 is 2.76 bits per heavy atom. The molecule has 0 radical (unpaired) electrons. The van der Waals surface area contributed by atoms with Gasteiger partial charge in [0, 0.05) is 6.20 Å². The number of nitriles is 1. The SMILES string of the molecule is COc1cccc(C#N)c1NS(=O)(=O)c1ccnc(Cl)c1. The quantitative estimate of drug-likeness (QED) is 0.872. The highest BCUT2D eigenvalue weighted by atomic mass is 35.5. The summed E-state index contributed by atoms with van der Waals surface area (Å²) in [6.07, 6.45) is 1.28. The number of aromatic nitrogens is 1. The topological polar surface area (TPSA) is 92.1 Å². The molecule has 0 saturated carbocycles. The van der Waals surface area contributed by atoms with Crippen LogP contribution in [-0.2, 0) is 10.0 Å². The van der Waals surface area contributed by atoms with E-state index in [0.29, 0.717) is 0 Å². The van der Waals surface area contributed by atoms with Gasteiger partial charge in [0.15, 0.2) is 0 Å². The highest BCUT2D eigenvalue weighted by molar-refractivity contribution is 7.92. The lowest BCUT2D eigenvalue weighted by Gasteiger charge is -2.13. The summed E-state index contributed by atoms with van der Waals surface area (Å²) in [5.41, 5.74) is 0.230. The first-order chi connectivity index (χ1) is 9.97. The Hall–Kier alpha value is -2.30. The summed E-state index contributed by atoms with van der Waals surface area (Å²) >= 11 is 5.69. The molecule has 8 heteroatoms. The number of nitrogens with zero attached hydrogens (tertiary/aromatic N) is 2. The van der Waals surface area contributed by atoms with Crippen LogP contribution in [0.5, 0.6) is 5.75 Å².